The van der Waals surface area contributed by atoms with Crippen LogP contribution < -0.4 is 5.32 Å². The fraction of sp³-hybridized carbons (Fsp3) is 0.560. The molecular formula is C25H31FN4O2. The maximum Gasteiger partial charge on any atom is 0.273 e. The zero-order valence-corrected chi connectivity index (χ0v) is 18.6. The van der Waals surface area contributed by atoms with Crippen LogP contribution in [0.15, 0.2) is 30.3 Å². The summed E-state index contributed by atoms with van der Waals surface area (Å²) in [5.74, 6) is -0.405. The third-order valence-electron chi connectivity index (χ3n) is 7.28. The van der Waals surface area contributed by atoms with Crippen LogP contribution in [0.1, 0.15) is 86.0 Å². The van der Waals surface area contributed by atoms with Crippen LogP contribution in [-0.2, 0) is 17.9 Å². The smallest absolute Gasteiger partial charge is 0.273 e. The van der Waals surface area contributed by atoms with Gasteiger partial charge in [-0.1, -0.05) is 43.9 Å². The number of halogens is 1. The molecule has 1 atom stereocenters. The molecule has 1 unspecified atom stereocenters. The number of amides is 2. The fourth-order valence-electron chi connectivity index (χ4n) is 5.05. The van der Waals surface area contributed by atoms with E-state index in [1.807, 2.05) is 6.07 Å². The molecule has 1 aromatic heterocycles. The van der Waals surface area contributed by atoms with Crippen molar-refractivity contribution in [2.45, 2.75) is 88.9 Å². The van der Waals surface area contributed by atoms with Gasteiger partial charge in [-0.05, 0) is 44.7 Å². The minimum absolute atomic E-state index is 0.0457. The van der Waals surface area contributed by atoms with E-state index in [-0.39, 0.29) is 36.8 Å². The molecule has 0 spiro atoms. The minimum Gasteiger partial charge on any atom is -0.351 e. The number of carbonyl (C=O) groups is 2. The molecular weight excluding hydrogens is 407 g/mol. The van der Waals surface area contributed by atoms with Gasteiger partial charge in [-0.15, -0.1) is 0 Å². The number of hydrogen-bond donors (Lipinski definition) is 1. The van der Waals surface area contributed by atoms with Crippen molar-refractivity contribution in [3.8, 4) is 0 Å². The molecule has 1 aromatic carbocycles. The number of benzene rings is 1. The van der Waals surface area contributed by atoms with E-state index < -0.39 is 5.54 Å². The van der Waals surface area contributed by atoms with Gasteiger partial charge in [0.15, 0.2) is 0 Å². The number of fused-ring (bicyclic) bond motifs is 1. The highest BCUT2D eigenvalue weighted by Crippen LogP contribution is 2.41. The number of aromatic nitrogens is 2. The Bertz CT molecular complexity index is 1020. The second-order valence-corrected chi connectivity index (χ2v) is 9.80. The van der Waals surface area contributed by atoms with Crippen molar-refractivity contribution in [2.75, 3.05) is 0 Å². The normalized spacial score (nSPS) is 24.2. The first-order chi connectivity index (χ1) is 15.5. The first-order valence-corrected chi connectivity index (χ1v) is 11.9. The van der Waals surface area contributed by atoms with E-state index in [0.717, 1.165) is 44.2 Å². The molecule has 0 saturated heterocycles. The number of rotatable bonds is 5. The molecule has 3 aliphatic rings. The van der Waals surface area contributed by atoms with Crippen molar-refractivity contribution in [1.82, 2.24) is 20.0 Å². The summed E-state index contributed by atoms with van der Waals surface area (Å²) in [7, 11) is 0. The molecule has 6 nitrogen and oxygen atoms in total. The van der Waals surface area contributed by atoms with Crippen LogP contribution in [0.4, 0.5) is 4.39 Å². The third kappa shape index (κ3) is 3.93. The van der Waals surface area contributed by atoms with Gasteiger partial charge in [0, 0.05) is 17.5 Å². The van der Waals surface area contributed by atoms with Crippen molar-refractivity contribution in [3.63, 3.8) is 0 Å². The van der Waals surface area contributed by atoms with Crippen molar-refractivity contribution in [3.05, 3.63) is 53.1 Å². The zero-order chi connectivity index (χ0) is 22.3. The summed E-state index contributed by atoms with van der Waals surface area (Å²) in [5, 5.41) is 7.90. The molecule has 2 heterocycles. The molecule has 2 aromatic rings. The lowest BCUT2D eigenvalue weighted by Crippen LogP contribution is -2.64. The molecule has 1 aliphatic heterocycles. The molecule has 0 radical (unpaired) electrons. The molecule has 2 fully saturated rings. The van der Waals surface area contributed by atoms with Crippen LogP contribution in [0.3, 0.4) is 0 Å². The van der Waals surface area contributed by atoms with Gasteiger partial charge >= 0.3 is 0 Å². The summed E-state index contributed by atoms with van der Waals surface area (Å²) in [5.41, 5.74) is 0.672. The number of hydrogen-bond acceptors (Lipinski definition) is 3. The van der Waals surface area contributed by atoms with E-state index in [2.05, 4.69) is 10.4 Å². The first-order valence-electron chi connectivity index (χ1n) is 11.9. The van der Waals surface area contributed by atoms with E-state index in [1.165, 1.54) is 18.9 Å². The van der Waals surface area contributed by atoms with Crippen molar-refractivity contribution in [1.29, 1.82) is 0 Å². The lowest BCUT2D eigenvalue weighted by Gasteiger charge is -2.44. The molecule has 2 aliphatic carbocycles. The molecule has 5 rings (SSSR count). The lowest BCUT2D eigenvalue weighted by molar-refractivity contribution is -0.134. The highest BCUT2D eigenvalue weighted by Gasteiger charge is 2.49. The van der Waals surface area contributed by atoms with Gasteiger partial charge in [-0.2, -0.15) is 5.10 Å². The topological polar surface area (TPSA) is 67.2 Å². The van der Waals surface area contributed by atoms with E-state index >= 15 is 0 Å². The Morgan fingerprint density at radius 2 is 1.88 bits per heavy atom. The summed E-state index contributed by atoms with van der Waals surface area (Å²) >= 11 is 0. The summed E-state index contributed by atoms with van der Waals surface area (Å²) in [6, 6.07) is 8.43. The monoisotopic (exact) mass is 438 g/mol. The molecule has 170 valence electrons. The molecule has 1 N–H and O–H groups in total. The van der Waals surface area contributed by atoms with Gasteiger partial charge in [0.2, 0.25) is 5.91 Å². The second kappa shape index (κ2) is 8.34. The van der Waals surface area contributed by atoms with Gasteiger partial charge in [-0.25, -0.2) is 4.39 Å². The Morgan fingerprint density at radius 1 is 1.16 bits per heavy atom. The summed E-state index contributed by atoms with van der Waals surface area (Å²) < 4.78 is 16.2. The largest absolute Gasteiger partial charge is 0.351 e. The van der Waals surface area contributed by atoms with Crippen LogP contribution in [0.25, 0.3) is 0 Å². The third-order valence-corrected chi connectivity index (χ3v) is 7.28. The van der Waals surface area contributed by atoms with E-state index in [9.17, 15) is 14.0 Å². The quantitative estimate of drug-likeness (QED) is 0.713. The highest BCUT2D eigenvalue weighted by molar-refractivity contribution is 5.99. The maximum atomic E-state index is 14.5. The van der Waals surface area contributed by atoms with Gasteiger partial charge < -0.3 is 10.2 Å². The SMILES string of the molecule is CC1(C(=O)NC2CCCCCC2)Cn2nc(C3CC3)cc2C(=O)N1Cc1ccccc1F. The Morgan fingerprint density at radius 3 is 2.56 bits per heavy atom. The van der Waals surface area contributed by atoms with E-state index in [1.54, 1.807) is 34.7 Å². The average Bonchev–Trinajstić information content (AvgIpc) is 3.58. The maximum absolute atomic E-state index is 14.5. The van der Waals surface area contributed by atoms with Crippen LogP contribution in [0.5, 0.6) is 0 Å². The van der Waals surface area contributed by atoms with Crippen molar-refractivity contribution in [2.24, 2.45) is 0 Å². The van der Waals surface area contributed by atoms with Gasteiger partial charge in [0.05, 0.1) is 18.8 Å². The van der Waals surface area contributed by atoms with Gasteiger partial charge in [0.1, 0.15) is 17.1 Å². The Labute approximate surface area is 188 Å². The Kier molecular flexibility index (Phi) is 5.51. The molecule has 32 heavy (non-hydrogen) atoms. The van der Waals surface area contributed by atoms with Crippen LogP contribution in [-0.4, -0.2) is 38.1 Å². The van der Waals surface area contributed by atoms with Crippen LogP contribution in [0, 0.1) is 5.82 Å². The first kappa shape index (κ1) is 21.2. The molecule has 7 heteroatoms. The predicted octanol–water partition coefficient (Wildman–Crippen LogP) is 4.15. The lowest BCUT2D eigenvalue weighted by atomic mass is 9.93. The summed E-state index contributed by atoms with van der Waals surface area (Å²) in [6.07, 6.45) is 8.70. The number of nitrogens with zero attached hydrogens (tertiary/aromatic N) is 3. The number of carbonyl (C=O) groups excluding carboxylic acids is 2. The summed E-state index contributed by atoms with van der Waals surface area (Å²) in [4.78, 5) is 28.8. The minimum atomic E-state index is -1.15. The number of nitrogens with one attached hydrogen (secondary N) is 1. The van der Waals surface area contributed by atoms with Gasteiger partial charge in [0.25, 0.3) is 5.91 Å². The zero-order valence-electron chi connectivity index (χ0n) is 18.6. The van der Waals surface area contributed by atoms with Crippen LogP contribution in [0.2, 0.25) is 0 Å². The predicted molar refractivity (Wildman–Crippen MR) is 119 cm³/mol. The van der Waals surface area contributed by atoms with Crippen molar-refractivity contribution < 1.29 is 14.0 Å². The Hall–Kier alpha value is -2.70. The average molecular weight is 439 g/mol. The van der Waals surface area contributed by atoms with E-state index in [0.29, 0.717) is 17.2 Å². The van der Waals surface area contributed by atoms with Gasteiger partial charge in [-0.3, -0.25) is 14.3 Å². The molecule has 0 bridgehead atoms. The molecule has 2 amide bonds. The standard InChI is InChI=1S/C25H31FN4O2/c1-25(24(32)27-19-9-4-2-3-5-10-19)16-30-22(14-21(28-30)17-12-13-17)23(31)29(25)15-18-8-6-7-11-20(18)26/h6-8,11,14,17,19H,2-5,9-10,12-13,15-16H2,1H3,(H,27,32). The van der Waals surface area contributed by atoms with Crippen LogP contribution >= 0.6 is 0 Å². The summed E-state index contributed by atoms with van der Waals surface area (Å²) in [6.45, 7) is 2.11. The van der Waals surface area contributed by atoms with Crippen molar-refractivity contribution >= 4 is 11.8 Å². The highest BCUT2D eigenvalue weighted by atomic mass is 19.1. The van der Waals surface area contributed by atoms with E-state index in [4.69, 9.17) is 0 Å². The second-order valence-electron chi connectivity index (χ2n) is 9.80. The molecule has 2 saturated carbocycles. The Balaban J connectivity index is 1.48. The fourth-order valence-corrected chi connectivity index (χ4v) is 5.05.